The lowest BCUT2D eigenvalue weighted by molar-refractivity contribution is -0.146. The fourth-order valence-electron chi connectivity index (χ4n) is 4.82. The van der Waals surface area contributed by atoms with E-state index in [1.54, 1.807) is 6.92 Å². The molecule has 3 aromatic rings. The summed E-state index contributed by atoms with van der Waals surface area (Å²) in [4.78, 5) is 38.0. The van der Waals surface area contributed by atoms with E-state index in [0.29, 0.717) is 12.2 Å². The Bertz CT molecular complexity index is 1270. The molecule has 3 atom stereocenters. The second kappa shape index (κ2) is 14.0. The van der Waals surface area contributed by atoms with Gasteiger partial charge in [-0.05, 0) is 53.2 Å². The zero-order valence-corrected chi connectivity index (χ0v) is 23.4. The van der Waals surface area contributed by atoms with Gasteiger partial charge in [0, 0.05) is 5.92 Å². The maximum atomic E-state index is 13.2. The highest BCUT2D eigenvalue weighted by molar-refractivity contribution is 7.98. The van der Waals surface area contributed by atoms with Crippen LogP contribution in [0.2, 0.25) is 0 Å². The van der Waals surface area contributed by atoms with E-state index in [1.165, 1.54) is 11.8 Å². The van der Waals surface area contributed by atoms with Crippen LogP contribution in [0.1, 0.15) is 36.0 Å². The summed E-state index contributed by atoms with van der Waals surface area (Å²) >= 11 is 1.52. The van der Waals surface area contributed by atoms with E-state index in [2.05, 4.69) is 22.8 Å². The number of amides is 2. The fraction of sp³-hybridized carbons (Fsp3) is 0.323. The summed E-state index contributed by atoms with van der Waals surface area (Å²) in [5.41, 5.74) is 5.30. The maximum Gasteiger partial charge on any atom is 0.407 e. The molecule has 210 valence electrons. The molecule has 3 aromatic carbocycles. The molecule has 0 bridgehead atoms. The molecule has 3 N–H and O–H groups in total. The molecule has 2 unspecified atom stereocenters. The summed E-state index contributed by atoms with van der Waals surface area (Å²) in [7, 11) is 0. The molecule has 0 aliphatic heterocycles. The highest BCUT2D eigenvalue weighted by Gasteiger charge is 2.32. The van der Waals surface area contributed by atoms with Crippen LogP contribution in [0.25, 0.3) is 11.1 Å². The third-order valence-corrected chi connectivity index (χ3v) is 7.60. The monoisotopic (exact) mass is 562 g/mol. The third kappa shape index (κ3) is 7.22. The maximum absolute atomic E-state index is 13.2. The van der Waals surface area contributed by atoms with Gasteiger partial charge in [-0.25, -0.2) is 9.59 Å². The molecule has 0 saturated heterocycles. The minimum absolute atomic E-state index is 0.110. The number of rotatable bonds is 13. The van der Waals surface area contributed by atoms with E-state index in [4.69, 9.17) is 9.47 Å². The van der Waals surface area contributed by atoms with E-state index in [-0.39, 0.29) is 19.1 Å². The van der Waals surface area contributed by atoms with Crippen molar-refractivity contribution in [2.45, 2.75) is 44.1 Å². The molecule has 1 aliphatic carbocycles. The molecule has 0 fully saturated rings. The number of carbonyl (C=O) groups excluding carboxylic acids is 2. The topological polar surface area (TPSA) is 114 Å². The summed E-state index contributed by atoms with van der Waals surface area (Å²) < 4.78 is 11.3. The van der Waals surface area contributed by atoms with Gasteiger partial charge in [-0.3, -0.25) is 4.79 Å². The quantitative estimate of drug-likeness (QED) is 0.274. The predicted molar refractivity (Wildman–Crippen MR) is 155 cm³/mol. The van der Waals surface area contributed by atoms with Crippen molar-refractivity contribution in [3.63, 3.8) is 0 Å². The molecule has 0 radical (unpaired) electrons. The summed E-state index contributed by atoms with van der Waals surface area (Å²) in [6.45, 7) is 1.91. The first-order valence-electron chi connectivity index (χ1n) is 13.2. The van der Waals surface area contributed by atoms with Crippen LogP contribution in [0, 0.1) is 0 Å². The number of benzene rings is 3. The van der Waals surface area contributed by atoms with Gasteiger partial charge in [0.05, 0.1) is 12.7 Å². The second-order valence-corrected chi connectivity index (χ2v) is 10.6. The Morgan fingerprint density at radius 3 is 2.10 bits per heavy atom. The van der Waals surface area contributed by atoms with Crippen LogP contribution in [0.3, 0.4) is 0 Å². The van der Waals surface area contributed by atoms with Gasteiger partial charge in [0.2, 0.25) is 5.91 Å². The highest BCUT2D eigenvalue weighted by atomic mass is 32.2. The van der Waals surface area contributed by atoms with E-state index >= 15 is 0 Å². The molecule has 1 aliphatic rings. The summed E-state index contributed by atoms with van der Waals surface area (Å²) in [5.74, 6) is -1.36. The molecular weight excluding hydrogens is 528 g/mol. The fourth-order valence-corrected chi connectivity index (χ4v) is 5.29. The molecule has 4 rings (SSSR count). The summed E-state index contributed by atoms with van der Waals surface area (Å²) in [6.07, 6.45) is 0.658. The van der Waals surface area contributed by atoms with Crippen molar-refractivity contribution in [2.24, 2.45) is 0 Å². The number of aliphatic carboxylic acids is 1. The number of hydrogen-bond acceptors (Lipinski definition) is 6. The first kappa shape index (κ1) is 29.2. The van der Waals surface area contributed by atoms with Gasteiger partial charge in [0.25, 0.3) is 0 Å². The Hall–Kier alpha value is -3.82. The SMILES string of the molecule is CSCC[C@H](NC(=O)OCC1c2ccccc2-c2ccccc21)C(=O)NC(C(=O)O)C(C)OCc1ccccc1. The minimum Gasteiger partial charge on any atom is -0.480 e. The van der Waals surface area contributed by atoms with Crippen LogP contribution < -0.4 is 10.6 Å². The van der Waals surface area contributed by atoms with Crippen molar-refractivity contribution in [1.29, 1.82) is 0 Å². The van der Waals surface area contributed by atoms with Crippen molar-refractivity contribution < 1.29 is 29.0 Å². The smallest absolute Gasteiger partial charge is 0.407 e. The molecule has 0 heterocycles. The van der Waals surface area contributed by atoms with Gasteiger partial charge in [-0.1, -0.05) is 78.9 Å². The minimum atomic E-state index is -1.29. The molecule has 2 amide bonds. The van der Waals surface area contributed by atoms with E-state index in [9.17, 15) is 19.5 Å². The number of ether oxygens (including phenoxy) is 2. The lowest BCUT2D eigenvalue weighted by Gasteiger charge is -2.25. The van der Waals surface area contributed by atoms with Crippen molar-refractivity contribution in [1.82, 2.24) is 10.6 Å². The Balaban J connectivity index is 1.37. The molecular formula is C31H34N2O6S. The van der Waals surface area contributed by atoms with Gasteiger partial charge >= 0.3 is 12.1 Å². The normalized spacial score (nSPS) is 14.3. The van der Waals surface area contributed by atoms with Crippen LogP contribution >= 0.6 is 11.8 Å². The number of carbonyl (C=O) groups is 3. The van der Waals surface area contributed by atoms with Crippen molar-refractivity contribution in [3.8, 4) is 11.1 Å². The third-order valence-electron chi connectivity index (χ3n) is 6.95. The number of hydrogen-bond donors (Lipinski definition) is 3. The Morgan fingerprint density at radius 1 is 0.900 bits per heavy atom. The largest absolute Gasteiger partial charge is 0.480 e. The Morgan fingerprint density at radius 2 is 1.50 bits per heavy atom. The highest BCUT2D eigenvalue weighted by Crippen LogP contribution is 2.44. The van der Waals surface area contributed by atoms with E-state index < -0.39 is 36.2 Å². The average molecular weight is 563 g/mol. The van der Waals surface area contributed by atoms with E-state index in [1.807, 2.05) is 73.0 Å². The predicted octanol–water partition coefficient (Wildman–Crippen LogP) is 4.82. The number of nitrogens with one attached hydrogen (secondary N) is 2. The second-order valence-electron chi connectivity index (χ2n) is 9.63. The van der Waals surface area contributed by atoms with Gasteiger partial charge in [-0.15, -0.1) is 0 Å². The molecule has 0 saturated carbocycles. The van der Waals surface area contributed by atoms with Crippen molar-refractivity contribution >= 4 is 29.7 Å². The standard InChI is InChI=1S/C31H34N2O6S/c1-20(38-18-21-10-4-3-5-11-21)28(30(35)36)33-29(34)27(16-17-40-2)32-31(37)39-19-26-24-14-8-6-12-22(24)23-13-7-9-15-25(23)26/h3-15,20,26-28H,16-19H2,1-2H3,(H,32,37)(H,33,34)(H,35,36)/t20?,27-,28?/m0/s1. The van der Waals surface area contributed by atoms with Gasteiger partial charge in [0.1, 0.15) is 12.6 Å². The van der Waals surface area contributed by atoms with Crippen LogP contribution in [0.4, 0.5) is 4.79 Å². The van der Waals surface area contributed by atoms with Crippen molar-refractivity contribution in [3.05, 3.63) is 95.6 Å². The number of carboxylic acid groups (broad SMARTS) is 1. The van der Waals surface area contributed by atoms with Crippen molar-refractivity contribution in [2.75, 3.05) is 18.6 Å². The summed E-state index contributed by atoms with van der Waals surface area (Å²) in [6, 6.07) is 23.2. The Kier molecular flexibility index (Phi) is 10.2. The van der Waals surface area contributed by atoms with Crippen LogP contribution in [-0.4, -0.2) is 59.9 Å². The molecule has 9 heteroatoms. The first-order valence-corrected chi connectivity index (χ1v) is 14.6. The first-order chi connectivity index (χ1) is 19.4. The molecule has 40 heavy (non-hydrogen) atoms. The van der Waals surface area contributed by atoms with Crippen LogP contribution in [0.15, 0.2) is 78.9 Å². The molecule has 8 nitrogen and oxygen atoms in total. The van der Waals surface area contributed by atoms with Gasteiger partial charge in [0.15, 0.2) is 6.04 Å². The Labute approximate surface area is 238 Å². The van der Waals surface area contributed by atoms with Gasteiger partial charge in [-0.2, -0.15) is 11.8 Å². The zero-order chi connectivity index (χ0) is 28.5. The van der Waals surface area contributed by atoms with Gasteiger partial charge < -0.3 is 25.2 Å². The van der Waals surface area contributed by atoms with Crippen LogP contribution in [0.5, 0.6) is 0 Å². The molecule has 0 spiro atoms. The average Bonchev–Trinajstić information content (AvgIpc) is 3.29. The number of carboxylic acids is 1. The molecule has 0 aromatic heterocycles. The number of alkyl carbamates (subject to hydrolysis) is 1. The summed E-state index contributed by atoms with van der Waals surface area (Å²) in [5, 5.41) is 15.0. The van der Waals surface area contributed by atoms with Crippen LogP contribution in [-0.2, 0) is 25.7 Å². The lowest BCUT2D eigenvalue weighted by Crippen LogP contribution is -2.55. The number of thioether (sulfide) groups is 1. The van der Waals surface area contributed by atoms with E-state index in [0.717, 1.165) is 27.8 Å². The zero-order valence-electron chi connectivity index (χ0n) is 22.5. The number of fused-ring (bicyclic) bond motifs is 3. The lowest BCUT2D eigenvalue weighted by atomic mass is 9.98.